The van der Waals surface area contributed by atoms with Gasteiger partial charge in [0.1, 0.15) is 0 Å². The lowest BCUT2D eigenvalue weighted by atomic mass is 10.2. The molecular formula is C18H18BrN5. The third kappa shape index (κ3) is 3.71. The van der Waals surface area contributed by atoms with Gasteiger partial charge in [-0.25, -0.2) is 0 Å². The van der Waals surface area contributed by atoms with Gasteiger partial charge in [0, 0.05) is 16.7 Å². The molecule has 0 aliphatic carbocycles. The second-order valence-electron chi connectivity index (χ2n) is 5.33. The van der Waals surface area contributed by atoms with E-state index in [1.807, 2.05) is 47.4 Å². The van der Waals surface area contributed by atoms with Crippen molar-refractivity contribution in [2.75, 3.05) is 16.8 Å². The van der Waals surface area contributed by atoms with E-state index in [1.54, 1.807) is 6.20 Å². The molecule has 0 radical (unpaired) electrons. The van der Waals surface area contributed by atoms with Crippen LogP contribution in [0.4, 0.5) is 23.1 Å². The number of anilines is 4. The number of nitrogens with one attached hydrogen (secondary N) is 1. The quantitative estimate of drug-likeness (QED) is 0.682. The van der Waals surface area contributed by atoms with Gasteiger partial charge in [-0.3, -0.25) is 0 Å². The first-order valence-electron chi connectivity index (χ1n) is 7.73. The molecule has 1 N–H and O–H groups in total. The lowest BCUT2D eigenvalue weighted by molar-refractivity contribution is 0.887. The van der Waals surface area contributed by atoms with Gasteiger partial charge in [-0.2, -0.15) is 10.1 Å². The molecule has 0 fully saturated rings. The van der Waals surface area contributed by atoms with E-state index in [2.05, 4.69) is 56.3 Å². The minimum atomic E-state index is 0.567. The highest BCUT2D eigenvalue weighted by molar-refractivity contribution is 9.10. The van der Waals surface area contributed by atoms with Crippen molar-refractivity contribution in [1.82, 2.24) is 15.2 Å². The normalized spacial score (nSPS) is 10.5. The van der Waals surface area contributed by atoms with Gasteiger partial charge in [-0.1, -0.05) is 24.3 Å². The molecule has 0 amide bonds. The van der Waals surface area contributed by atoms with Crippen LogP contribution in [0.15, 0.2) is 59.2 Å². The highest BCUT2D eigenvalue weighted by Gasteiger charge is 2.12. The molecule has 2 aromatic carbocycles. The van der Waals surface area contributed by atoms with E-state index >= 15 is 0 Å². The Morgan fingerprint density at radius 2 is 1.92 bits per heavy atom. The highest BCUT2D eigenvalue weighted by atomic mass is 79.9. The van der Waals surface area contributed by atoms with Gasteiger partial charge in [0.2, 0.25) is 0 Å². The number of halogens is 1. The van der Waals surface area contributed by atoms with Crippen molar-refractivity contribution in [2.45, 2.75) is 13.8 Å². The van der Waals surface area contributed by atoms with E-state index < -0.39 is 0 Å². The van der Waals surface area contributed by atoms with E-state index in [-0.39, 0.29) is 0 Å². The van der Waals surface area contributed by atoms with Crippen molar-refractivity contribution >= 4 is 39.1 Å². The van der Waals surface area contributed by atoms with Crippen LogP contribution in [0, 0.1) is 6.92 Å². The Labute approximate surface area is 149 Å². The lowest BCUT2D eigenvalue weighted by Gasteiger charge is -2.20. The number of hydrogen-bond donors (Lipinski definition) is 1. The third-order valence-electron chi connectivity index (χ3n) is 3.56. The Morgan fingerprint density at radius 3 is 2.62 bits per heavy atom. The van der Waals surface area contributed by atoms with Gasteiger partial charge in [0.05, 0.1) is 11.9 Å². The number of aryl methyl sites for hydroxylation is 1. The number of hydrogen-bond acceptors (Lipinski definition) is 5. The molecule has 6 heteroatoms. The first kappa shape index (κ1) is 16.4. The van der Waals surface area contributed by atoms with Crippen molar-refractivity contribution in [1.29, 1.82) is 0 Å². The second-order valence-corrected chi connectivity index (χ2v) is 6.18. The smallest absolute Gasteiger partial charge is 0.251 e. The van der Waals surface area contributed by atoms with Crippen LogP contribution < -0.4 is 10.2 Å². The van der Waals surface area contributed by atoms with Crippen molar-refractivity contribution in [3.8, 4) is 0 Å². The molecule has 0 saturated heterocycles. The van der Waals surface area contributed by atoms with E-state index in [9.17, 15) is 0 Å². The zero-order chi connectivity index (χ0) is 16.9. The Bertz CT molecular complexity index is 823. The Hall–Kier alpha value is -2.47. The summed E-state index contributed by atoms with van der Waals surface area (Å²) in [6.07, 6.45) is 1.62. The van der Waals surface area contributed by atoms with Crippen LogP contribution in [0.2, 0.25) is 0 Å². The maximum Gasteiger partial charge on any atom is 0.251 e. The molecule has 0 unspecified atom stereocenters. The summed E-state index contributed by atoms with van der Waals surface area (Å²) in [7, 11) is 0. The first-order valence-corrected chi connectivity index (χ1v) is 8.52. The first-order chi connectivity index (χ1) is 11.7. The summed E-state index contributed by atoms with van der Waals surface area (Å²) < 4.78 is 0.984. The topological polar surface area (TPSA) is 53.9 Å². The monoisotopic (exact) mass is 383 g/mol. The van der Waals surface area contributed by atoms with E-state index in [0.717, 1.165) is 22.4 Å². The molecule has 24 heavy (non-hydrogen) atoms. The van der Waals surface area contributed by atoms with Crippen LogP contribution >= 0.6 is 15.9 Å². The van der Waals surface area contributed by atoms with Gasteiger partial charge in [0.25, 0.3) is 5.95 Å². The van der Waals surface area contributed by atoms with Crippen LogP contribution in [0.25, 0.3) is 0 Å². The molecule has 3 rings (SSSR count). The molecule has 0 bridgehead atoms. The zero-order valence-corrected chi connectivity index (χ0v) is 15.2. The number of aromatic nitrogens is 3. The second kappa shape index (κ2) is 7.40. The van der Waals surface area contributed by atoms with Crippen LogP contribution in [0.1, 0.15) is 12.5 Å². The minimum Gasteiger partial charge on any atom is -0.338 e. The highest BCUT2D eigenvalue weighted by Crippen LogP contribution is 2.27. The van der Waals surface area contributed by atoms with Crippen LogP contribution in [-0.2, 0) is 0 Å². The van der Waals surface area contributed by atoms with E-state index in [4.69, 9.17) is 0 Å². The maximum atomic E-state index is 4.60. The summed E-state index contributed by atoms with van der Waals surface area (Å²) in [6, 6.07) is 16.2. The SMILES string of the molecule is CCN(c1ccccc1)c1nncc(Nc2ccc(C)cc2Br)n1. The van der Waals surface area contributed by atoms with Gasteiger partial charge >= 0.3 is 0 Å². The van der Waals surface area contributed by atoms with E-state index in [1.165, 1.54) is 5.56 Å². The lowest BCUT2D eigenvalue weighted by Crippen LogP contribution is -2.19. The van der Waals surface area contributed by atoms with Gasteiger partial charge in [-0.05, 0) is 59.6 Å². The molecular weight excluding hydrogens is 366 g/mol. The summed E-state index contributed by atoms with van der Waals surface area (Å²) in [4.78, 5) is 6.62. The predicted molar refractivity (Wildman–Crippen MR) is 101 cm³/mol. The third-order valence-corrected chi connectivity index (χ3v) is 4.22. The number of benzene rings is 2. The molecule has 0 aliphatic rings. The Balaban J connectivity index is 1.88. The van der Waals surface area contributed by atoms with Crippen LogP contribution in [0.3, 0.4) is 0 Å². The fourth-order valence-electron chi connectivity index (χ4n) is 2.38. The van der Waals surface area contributed by atoms with Crippen molar-refractivity contribution in [2.24, 2.45) is 0 Å². The summed E-state index contributed by atoms with van der Waals surface area (Å²) in [6.45, 7) is 4.87. The number of para-hydroxylation sites is 1. The fourth-order valence-corrected chi connectivity index (χ4v) is 2.97. The Morgan fingerprint density at radius 1 is 1.12 bits per heavy atom. The molecule has 0 spiro atoms. The van der Waals surface area contributed by atoms with Gasteiger partial charge < -0.3 is 10.2 Å². The number of nitrogens with zero attached hydrogens (tertiary/aromatic N) is 4. The molecule has 0 atom stereocenters. The summed E-state index contributed by atoms with van der Waals surface area (Å²) >= 11 is 3.57. The standard InChI is InChI=1S/C18H18BrN5/c1-3-24(14-7-5-4-6-8-14)18-22-17(12-20-23-18)21-16-10-9-13(2)11-15(16)19/h4-12H,3H2,1-2H3,(H,21,22,23). The summed E-state index contributed by atoms with van der Waals surface area (Å²) in [5.74, 6) is 1.22. The van der Waals surface area contributed by atoms with Crippen molar-refractivity contribution in [3.63, 3.8) is 0 Å². The Kier molecular flexibility index (Phi) is 5.05. The number of rotatable bonds is 5. The summed E-state index contributed by atoms with van der Waals surface area (Å²) in [5, 5.41) is 11.6. The molecule has 3 aromatic rings. The molecule has 1 heterocycles. The van der Waals surface area contributed by atoms with E-state index in [0.29, 0.717) is 11.8 Å². The van der Waals surface area contributed by atoms with Crippen molar-refractivity contribution in [3.05, 3.63) is 64.8 Å². The molecule has 122 valence electrons. The van der Waals surface area contributed by atoms with Crippen LogP contribution in [0.5, 0.6) is 0 Å². The van der Waals surface area contributed by atoms with Gasteiger partial charge in [-0.15, -0.1) is 5.10 Å². The van der Waals surface area contributed by atoms with Crippen LogP contribution in [-0.4, -0.2) is 21.7 Å². The largest absolute Gasteiger partial charge is 0.338 e. The fraction of sp³-hybridized carbons (Fsp3) is 0.167. The maximum absolute atomic E-state index is 4.60. The molecule has 1 aromatic heterocycles. The average Bonchev–Trinajstić information content (AvgIpc) is 2.60. The minimum absolute atomic E-state index is 0.567. The molecule has 0 aliphatic heterocycles. The van der Waals surface area contributed by atoms with Gasteiger partial charge in [0.15, 0.2) is 5.82 Å². The molecule has 5 nitrogen and oxygen atoms in total. The van der Waals surface area contributed by atoms with Crippen molar-refractivity contribution < 1.29 is 0 Å². The average molecular weight is 384 g/mol. The zero-order valence-electron chi connectivity index (χ0n) is 13.6. The molecule has 0 saturated carbocycles. The predicted octanol–water partition coefficient (Wildman–Crippen LogP) is 4.84. The summed E-state index contributed by atoms with van der Waals surface area (Å²) in [5.41, 5.74) is 3.17.